The van der Waals surface area contributed by atoms with E-state index in [-0.39, 0.29) is 12.4 Å². The molecule has 0 amide bonds. The smallest absolute Gasteiger partial charge is 0.155 e. The number of halogens is 1. The van der Waals surface area contributed by atoms with Gasteiger partial charge in [-0.15, -0.1) is 0 Å². The molecular weight excluding hydrogens is 447 g/mol. The van der Waals surface area contributed by atoms with E-state index in [4.69, 9.17) is 9.47 Å². The molecule has 0 aliphatic heterocycles. The highest BCUT2D eigenvalue weighted by atomic mass is 127. The van der Waals surface area contributed by atoms with Crippen molar-refractivity contribution in [1.29, 1.82) is 0 Å². The Bertz CT molecular complexity index is 619. The summed E-state index contributed by atoms with van der Waals surface area (Å²) in [6.45, 7) is 7.46. The third-order valence-corrected chi connectivity index (χ3v) is 8.11. The van der Waals surface area contributed by atoms with Crippen molar-refractivity contribution in [2.75, 3.05) is 6.61 Å². The fourth-order valence-electron chi connectivity index (χ4n) is 4.39. The van der Waals surface area contributed by atoms with E-state index in [1.807, 2.05) is 0 Å². The van der Waals surface area contributed by atoms with Crippen molar-refractivity contribution in [2.24, 2.45) is 11.8 Å². The SMILES string of the molecule is CC(OCCC1CCCCC1)O[C@@H]1CC=Cc2c(C(I)C(C)C)cccc21. The topological polar surface area (TPSA) is 18.5 Å². The molecule has 0 N–H and O–H groups in total. The van der Waals surface area contributed by atoms with Gasteiger partial charge in [-0.05, 0) is 48.3 Å². The first kappa shape index (κ1) is 21.3. The molecule has 2 unspecified atom stereocenters. The van der Waals surface area contributed by atoms with Gasteiger partial charge in [0.25, 0.3) is 0 Å². The summed E-state index contributed by atoms with van der Waals surface area (Å²) in [4.78, 5) is 0. The minimum absolute atomic E-state index is 0.102. The summed E-state index contributed by atoms with van der Waals surface area (Å²) >= 11 is 2.58. The Morgan fingerprint density at radius 1 is 1.11 bits per heavy atom. The molecule has 2 aliphatic carbocycles. The maximum Gasteiger partial charge on any atom is 0.155 e. The summed E-state index contributed by atoms with van der Waals surface area (Å²) in [7, 11) is 0. The molecule has 0 aromatic heterocycles. The molecule has 0 bridgehead atoms. The van der Waals surface area contributed by atoms with Gasteiger partial charge < -0.3 is 9.47 Å². The molecule has 2 nitrogen and oxygen atoms in total. The highest BCUT2D eigenvalue weighted by molar-refractivity contribution is 14.1. The second-order valence-corrected chi connectivity index (χ2v) is 9.83. The molecule has 1 saturated carbocycles. The van der Waals surface area contributed by atoms with E-state index in [1.165, 1.54) is 55.2 Å². The molecular formula is C24H35IO2. The number of fused-ring (bicyclic) bond motifs is 1. The van der Waals surface area contributed by atoms with Gasteiger partial charge in [0, 0.05) is 10.5 Å². The molecule has 2 aliphatic rings. The second kappa shape index (κ2) is 10.4. The van der Waals surface area contributed by atoms with Crippen molar-refractivity contribution in [3.63, 3.8) is 0 Å². The molecule has 3 rings (SSSR count). The van der Waals surface area contributed by atoms with Gasteiger partial charge in [0.1, 0.15) is 0 Å². The van der Waals surface area contributed by atoms with Gasteiger partial charge in [-0.25, -0.2) is 0 Å². The molecule has 1 fully saturated rings. The van der Waals surface area contributed by atoms with Gasteiger partial charge in [0.2, 0.25) is 0 Å². The standard InChI is InChI=1S/C24H35IO2/c1-17(2)24(25)22-13-7-12-21-20(22)11-8-14-23(21)27-18(3)26-16-15-19-9-5-4-6-10-19/h7-8,11-13,17-19,23-24H,4-6,9-10,14-16H2,1-3H3/t18?,23-,24?/m1/s1. The summed E-state index contributed by atoms with van der Waals surface area (Å²) in [6.07, 6.45) is 13.6. The molecule has 27 heavy (non-hydrogen) atoms. The largest absolute Gasteiger partial charge is 0.353 e. The van der Waals surface area contributed by atoms with Crippen LogP contribution >= 0.6 is 22.6 Å². The Hall–Kier alpha value is -0.390. The van der Waals surface area contributed by atoms with Gasteiger partial charge in [-0.3, -0.25) is 0 Å². The van der Waals surface area contributed by atoms with E-state index in [0.717, 1.165) is 18.9 Å². The van der Waals surface area contributed by atoms with Crippen molar-refractivity contribution in [3.8, 4) is 0 Å². The number of hydrogen-bond donors (Lipinski definition) is 0. The number of ether oxygens (including phenoxy) is 2. The van der Waals surface area contributed by atoms with Crippen molar-refractivity contribution >= 4 is 28.7 Å². The lowest BCUT2D eigenvalue weighted by Crippen LogP contribution is -2.21. The Balaban J connectivity index is 1.57. The van der Waals surface area contributed by atoms with Crippen LogP contribution in [0.5, 0.6) is 0 Å². The molecule has 3 atom stereocenters. The summed E-state index contributed by atoms with van der Waals surface area (Å²) in [5.41, 5.74) is 4.11. The number of benzene rings is 1. The highest BCUT2D eigenvalue weighted by Gasteiger charge is 2.25. The van der Waals surface area contributed by atoms with E-state index in [1.54, 1.807) is 0 Å². The van der Waals surface area contributed by atoms with E-state index in [0.29, 0.717) is 9.84 Å². The van der Waals surface area contributed by atoms with Gasteiger partial charge in [-0.2, -0.15) is 0 Å². The zero-order valence-electron chi connectivity index (χ0n) is 17.1. The Morgan fingerprint density at radius 3 is 2.63 bits per heavy atom. The normalized spacial score (nSPS) is 22.6. The first-order valence-corrected chi connectivity index (χ1v) is 12.0. The van der Waals surface area contributed by atoms with Gasteiger partial charge in [0.05, 0.1) is 6.10 Å². The maximum absolute atomic E-state index is 6.33. The fourth-order valence-corrected chi connectivity index (χ4v) is 4.93. The van der Waals surface area contributed by atoms with Crippen LogP contribution in [0.2, 0.25) is 0 Å². The van der Waals surface area contributed by atoms with Gasteiger partial charge in [-0.1, -0.05) is 98.9 Å². The summed E-state index contributed by atoms with van der Waals surface area (Å²) in [5.74, 6) is 1.48. The van der Waals surface area contributed by atoms with Crippen LogP contribution in [-0.4, -0.2) is 12.9 Å². The van der Waals surface area contributed by atoms with Crippen LogP contribution in [0.4, 0.5) is 0 Å². The van der Waals surface area contributed by atoms with Crippen molar-refractivity contribution in [3.05, 3.63) is 41.0 Å². The lowest BCUT2D eigenvalue weighted by atomic mass is 9.87. The Labute approximate surface area is 179 Å². The minimum Gasteiger partial charge on any atom is -0.353 e. The minimum atomic E-state index is -0.151. The first-order chi connectivity index (χ1) is 13.1. The zero-order valence-corrected chi connectivity index (χ0v) is 19.3. The number of hydrogen-bond acceptors (Lipinski definition) is 2. The molecule has 150 valence electrons. The van der Waals surface area contributed by atoms with Crippen molar-refractivity contribution < 1.29 is 9.47 Å². The molecule has 1 aromatic carbocycles. The van der Waals surface area contributed by atoms with Gasteiger partial charge in [0.15, 0.2) is 6.29 Å². The highest BCUT2D eigenvalue weighted by Crippen LogP contribution is 2.40. The van der Waals surface area contributed by atoms with Crippen LogP contribution in [0.1, 0.15) is 92.4 Å². The van der Waals surface area contributed by atoms with E-state index < -0.39 is 0 Å². The van der Waals surface area contributed by atoms with E-state index >= 15 is 0 Å². The van der Waals surface area contributed by atoms with Crippen LogP contribution in [-0.2, 0) is 9.47 Å². The monoisotopic (exact) mass is 482 g/mol. The predicted molar refractivity (Wildman–Crippen MR) is 122 cm³/mol. The van der Waals surface area contributed by atoms with Crippen LogP contribution in [0.15, 0.2) is 24.3 Å². The van der Waals surface area contributed by atoms with Crippen molar-refractivity contribution in [2.45, 2.75) is 82.0 Å². The lowest BCUT2D eigenvalue weighted by molar-refractivity contribution is -0.163. The summed E-state index contributed by atoms with van der Waals surface area (Å²) < 4.78 is 12.9. The van der Waals surface area contributed by atoms with Crippen LogP contribution in [0.3, 0.4) is 0 Å². The van der Waals surface area contributed by atoms with E-state index in [2.05, 4.69) is 73.7 Å². The van der Waals surface area contributed by atoms with Crippen molar-refractivity contribution in [1.82, 2.24) is 0 Å². The molecule has 0 saturated heterocycles. The predicted octanol–water partition coefficient (Wildman–Crippen LogP) is 7.63. The first-order valence-electron chi connectivity index (χ1n) is 10.8. The molecule has 0 radical (unpaired) electrons. The number of alkyl halides is 1. The van der Waals surface area contributed by atoms with Gasteiger partial charge >= 0.3 is 0 Å². The molecule has 0 heterocycles. The zero-order chi connectivity index (χ0) is 19.2. The van der Waals surface area contributed by atoms with Crippen LogP contribution in [0.25, 0.3) is 6.08 Å². The molecule has 3 heteroatoms. The quantitative estimate of drug-likeness (QED) is 0.216. The number of rotatable bonds is 8. The third kappa shape index (κ3) is 5.80. The van der Waals surface area contributed by atoms with Crippen LogP contribution in [0, 0.1) is 11.8 Å². The molecule has 1 aromatic rings. The maximum atomic E-state index is 6.33. The average molecular weight is 482 g/mol. The Morgan fingerprint density at radius 2 is 1.89 bits per heavy atom. The molecule has 0 spiro atoms. The van der Waals surface area contributed by atoms with E-state index in [9.17, 15) is 0 Å². The fraction of sp³-hybridized carbons (Fsp3) is 0.667. The average Bonchev–Trinajstić information content (AvgIpc) is 2.68. The Kier molecular flexibility index (Phi) is 8.22. The summed E-state index contributed by atoms with van der Waals surface area (Å²) in [5, 5.41) is 0. The summed E-state index contributed by atoms with van der Waals surface area (Å²) in [6, 6.07) is 6.69. The van der Waals surface area contributed by atoms with Crippen LogP contribution < -0.4 is 0 Å². The second-order valence-electron chi connectivity index (χ2n) is 8.49. The third-order valence-electron chi connectivity index (χ3n) is 6.00. The lowest BCUT2D eigenvalue weighted by Gasteiger charge is -2.29.